The van der Waals surface area contributed by atoms with Crippen molar-refractivity contribution in [3.63, 3.8) is 0 Å². The zero-order valence-electron chi connectivity index (χ0n) is 10.4. The maximum Gasteiger partial charge on any atom is 0.341 e. The van der Waals surface area contributed by atoms with E-state index in [1.165, 1.54) is 6.20 Å². The molecule has 1 aromatic rings. The third-order valence-electron chi connectivity index (χ3n) is 2.56. The van der Waals surface area contributed by atoms with Crippen molar-refractivity contribution >= 4 is 17.6 Å². The Balaban J connectivity index is 3.05. The van der Waals surface area contributed by atoms with E-state index in [1.54, 1.807) is 6.92 Å². The smallest absolute Gasteiger partial charge is 0.341 e. The van der Waals surface area contributed by atoms with Gasteiger partial charge in [-0.15, -0.1) is 11.6 Å². The van der Waals surface area contributed by atoms with Crippen molar-refractivity contribution in [3.8, 4) is 0 Å². The van der Waals surface area contributed by atoms with Crippen molar-refractivity contribution in [2.75, 3.05) is 6.61 Å². The van der Waals surface area contributed by atoms with Crippen LogP contribution in [0.3, 0.4) is 0 Å². The summed E-state index contributed by atoms with van der Waals surface area (Å²) in [5.74, 6) is 0.739. The molecule has 0 radical (unpaired) electrons. The molecule has 1 atom stereocenters. The predicted octanol–water partition coefficient (Wildman–Crippen LogP) is 2.91. The van der Waals surface area contributed by atoms with Crippen LogP contribution in [-0.4, -0.2) is 22.5 Å². The van der Waals surface area contributed by atoms with E-state index in [4.69, 9.17) is 16.3 Å². The number of nitrogens with zero attached hydrogens (tertiary/aromatic N) is 2. The van der Waals surface area contributed by atoms with E-state index in [-0.39, 0.29) is 11.8 Å². The molecule has 0 aliphatic rings. The summed E-state index contributed by atoms with van der Waals surface area (Å²) in [6.07, 6.45) is 2.45. The normalized spacial score (nSPS) is 12.2. The molecule has 0 fully saturated rings. The summed E-state index contributed by atoms with van der Waals surface area (Å²) in [6.45, 7) is 6.19. The molecule has 17 heavy (non-hydrogen) atoms. The van der Waals surface area contributed by atoms with Gasteiger partial charge in [0.15, 0.2) is 0 Å². The molecule has 0 amide bonds. The Morgan fingerprint density at radius 1 is 1.53 bits per heavy atom. The van der Waals surface area contributed by atoms with Crippen molar-refractivity contribution in [2.45, 2.75) is 39.0 Å². The van der Waals surface area contributed by atoms with Gasteiger partial charge in [0.25, 0.3) is 0 Å². The fourth-order valence-corrected chi connectivity index (χ4v) is 1.54. The molecule has 1 rings (SSSR count). The summed E-state index contributed by atoms with van der Waals surface area (Å²) in [7, 11) is 0. The molecule has 1 unspecified atom stereocenters. The third kappa shape index (κ3) is 3.40. The molecular weight excluding hydrogens is 240 g/mol. The average molecular weight is 257 g/mol. The van der Waals surface area contributed by atoms with Crippen LogP contribution >= 0.6 is 11.6 Å². The first kappa shape index (κ1) is 13.9. The van der Waals surface area contributed by atoms with Gasteiger partial charge >= 0.3 is 5.97 Å². The van der Waals surface area contributed by atoms with Crippen LogP contribution in [0.5, 0.6) is 0 Å². The molecule has 0 bridgehead atoms. The van der Waals surface area contributed by atoms with Gasteiger partial charge in [-0.25, -0.2) is 14.8 Å². The maximum atomic E-state index is 11.6. The van der Waals surface area contributed by atoms with Gasteiger partial charge in [0.2, 0.25) is 0 Å². The summed E-state index contributed by atoms with van der Waals surface area (Å²) in [5, 5.41) is 0. The van der Waals surface area contributed by atoms with E-state index in [0.717, 1.165) is 12.2 Å². The third-order valence-corrected chi connectivity index (χ3v) is 2.81. The largest absolute Gasteiger partial charge is 0.462 e. The van der Waals surface area contributed by atoms with Crippen molar-refractivity contribution in [1.82, 2.24) is 9.97 Å². The highest BCUT2D eigenvalue weighted by Crippen LogP contribution is 2.17. The van der Waals surface area contributed by atoms with Gasteiger partial charge in [0.1, 0.15) is 11.4 Å². The second-order valence-electron chi connectivity index (χ2n) is 3.75. The second-order valence-corrected chi connectivity index (χ2v) is 4.02. The molecule has 0 spiro atoms. The van der Waals surface area contributed by atoms with E-state index in [0.29, 0.717) is 17.9 Å². The Morgan fingerprint density at radius 2 is 2.24 bits per heavy atom. The van der Waals surface area contributed by atoms with Gasteiger partial charge < -0.3 is 4.74 Å². The number of carbonyl (C=O) groups excluding carboxylic acids is 1. The maximum absolute atomic E-state index is 11.6. The van der Waals surface area contributed by atoms with E-state index in [1.807, 2.05) is 6.92 Å². The minimum absolute atomic E-state index is 0.181. The Bertz CT molecular complexity index is 396. The van der Waals surface area contributed by atoms with Gasteiger partial charge in [0, 0.05) is 12.1 Å². The van der Waals surface area contributed by atoms with Crippen molar-refractivity contribution < 1.29 is 9.53 Å². The fraction of sp³-hybridized carbons (Fsp3) is 0.583. The Hall–Kier alpha value is -1.16. The molecule has 0 saturated carbocycles. The molecule has 0 saturated heterocycles. The summed E-state index contributed by atoms with van der Waals surface area (Å²) in [6, 6.07) is 0. The number of ether oxygens (including phenoxy) is 1. The van der Waals surface area contributed by atoms with Gasteiger partial charge in [-0.1, -0.05) is 13.8 Å². The predicted molar refractivity (Wildman–Crippen MR) is 66.3 cm³/mol. The number of esters is 1. The number of halogens is 1. The average Bonchev–Trinajstić information content (AvgIpc) is 2.37. The Morgan fingerprint density at radius 3 is 2.76 bits per heavy atom. The monoisotopic (exact) mass is 256 g/mol. The quantitative estimate of drug-likeness (QED) is 0.600. The van der Waals surface area contributed by atoms with E-state index in [2.05, 4.69) is 16.9 Å². The number of alkyl halides is 1. The molecule has 0 aliphatic heterocycles. The highest BCUT2D eigenvalue weighted by atomic mass is 35.5. The Kier molecular flexibility index (Phi) is 5.35. The number of hydrogen-bond donors (Lipinski definition) is 0. The van der Waals surface area contributed by atoms with Crippen LogP contribution in [0.2, 0.25) is 0 Å². The van der Waals surface area contributed by atoms with E-state index < -0.39 is 5.97 Å². The van der Waals surface area contributed by atoms with Crippen LogP contribution in [0.25, 0.3) is 0 Å². The molecule has 5 heteroatoms. The molecular formula is C12H17ClN2O2. The lowest BCUT2D eigenvalue weighted by Gasteiger charge is -2.10. The summed E-state index contributed by atoms with van der Waals surface area (Å²) < 4.78 is 4.92. The molecule has 1 aromatic heterocycles. The SMILES string of the molecule is CCOC(=O)c1cnc(C(C)CC)nc1CCl. The second kappa shape index (κ2) is 6.55. The highest BCUT2D eigenvalue weighted by Gasteiger charge is 2.16. The minimum atomic E-state index is -0.418. The van der Waals surface area contributed by atoms with Crippen molar-refractivity contribution in [2.24, 2.45) is 0 Å². The lowest BCUT2D eigenvalue weighted by Crippen LogP contribution is -2.12. The molecule has 0 aliphatic carbocycles. The molecule has 4 nitrogen and oxygen atoms in total. The van der Waals surface area contributed by atoms with Gasteiger partial charge in [-0.3, -0.25) is 0 Å². The van der Waals surface area contributed by atoms with Crippen LogP contribution in [0.4, 0.5) is 0 Å². The first-order valence-electron chi connectivity index (χ1n) is 5.72. The zero-order valence-corrected chi connectivity index (χ0v) is 11.1. The molecule has 0 aromatic carbocycles. The van der Waals surface area contributed by atoms with Crippen molar-refractivity contribution in [1.29, 1.82) is 0 Å². The van der Waals surface area contributed by atoms with E-state index in [9.17, 15) is 4.79 Å². The lowest BCUT2D eigenvalue weighted by molar-refractivity contribution is 0.0524. The van der Waals surface area contributed by atoms with Crippen LogP contribution in [0.1, 0.15) is 55.0 Å². The van der Waals surface area contributed by atoms with E-state index >= 15 is 0 Å². The minimum Gasteiger partial charge on any atom is -0.462 e. The topological polar surface area (TPSA) is 52.1 Å². The highest BCUT2D eigenvalue weighted by molar-refractivity contribution is 6.17. The lowest BCUT2D eigenvalue weighted by atomic mass is 10.1. The van der Waals surface area contributed by atoms with Crippen molar-refractivity contribution in [3.05, 3.63) is 23.3 Å². The molecule has 94 valence electrons. The summed E-state index contributed by atoms with van der Waals surface area (Å²) >= 11 is 5.80. The summed E-state index contributed by atoms with van der Waals surface area (Å²) in [5.41, 5.74) is 0.893. The fourth-order valence-electron chi connectivity index (χ4n) is 1.33. The Labute approximate surface area is 106 Å². The molecule has 1 heterocycles. The van der Waals surface area contributed by atoms with Gasteiger partial charge in [-0.2, -0.15) is 0 Å². The number of carbonyl (C=O) groups is 1. The van der Waals surface area contributed by atoms with Gasteiger partial charge in [0.05, 0.1) is 18.2 Å². The first-order valence-corrected chi connectivity index (χ1v) is 6.26. The summed E-state index contributed by atoms with van der Waals surface area (Å²) in [4.78, 5) is 20.1. The number of hydrogen-bond acceptors (Lipinski definition) is 4. The van der Waals surface area contributed by atoms with Crippen LogP contribution < -0.4 is 0 Å². The standard InChI is InChI=1S/C12H17ClN2O2/c1-4-8(3)11-14-7-9(10(6-13)15-11)12(16)17-5-2/h7-8H,4-6H2,1-3H3. The number of aromatic nitrogens is 2. The van der Waals surface area contributed by atoms with Crippen LogP contribution in [0, 0.1) is 0 Å². The van der Waals surface area contributed by atoms with Crippen LogP contribution in [-0.2, 0) is 10.6 Å². The van der Waals surface area contributed by atoms with Gasteiger partial charge in [-0.05, 0) is 13.3 Å². The number of rotatable bonds is 5. The molecule has 0 N–H and O–H groups in total. The van der Waals surface area contributed by atoms with Crippen LogP contribution in [0.15, 0.2) is 6.20 Å². The first-order chi connectivity index (χ1) is 8.13. The zero-order chi connectivity index (χ0) is 12.8.